The summed E-state index contributed by atoms with van der Waals surface area (Å²) in [4.78, 5) is 22.1. The molecule has 1 rings (SSSR count). The van der Waals surface area contributed by atoms with E-state index in [1.54, 1.807) is 13.8 Å². The van der Waals surface area contributed by atoms with E-state index in [1.807, 2.05) is 0 Å². The van der Waals surface area contributed by atoms with Crippen LogP contribution in [0.3, 0.4) is 0 Å². The molecular weight excluding hydrogens is 170 g/mol. The molecule has 0 radical (unpaired) electrons. The van der Waals surface area contributed by atoms with E-state index < -0.39 is 11.5 Å². The van der Waals surface area contributed by atoms with Gasteiger partial charge in [0.25, 0.3) is 0 Å². The average Bonchev–Trinajstić information content (AvgIpc) is 1.95. The minimum Gasteiger partial charge on any atom is -0.480 e. The van der Waals surface area contributed by atoms with E-state index in [-0.39, 0.29) is 11.8 Å². The number of carboxylic acids is 1. The van der Waals surface area contributed by atoms with Gasteiger partial charge in [-0.1, -0.05) is 13.8 Å². The molecule has 0 bridgehead atoms. The first-order chi connectivity index (χ1) is 5.98. The summed E-state index contributed by atoms with van der Waals surface area (Å²) in [6.45, 7) is 3.51. The van der Waals surface area contributed by atoms with E-state index in [0.717, 1.165) is 6.42 Å². The first-order valence-electron chi connectivity index (χ1n) is 4.53. The summed E-state index contributed by atoms with van der Waals surface area (Å²) in [6, 6.07) is 0. The van der Waals surface area contributed by atoms with Crippen molar-refractivity contribution in [3.8, 4) is 0 Å². The van der Waals surface area contributed by atoms with E-state index in [2.05, 4.69) is 5.32 Å². The molecule has 0 heterocycles. The predicted octanol–water partition coefficient (Wildman–Crippen LogP) is 0.766. The van der Waals surface area contributed by atoms with Gasteiger partial charge in [-0.25, -0.2) is 4.79 Å². The zero-order chi connectivity index (χ0) is 10.1. The summed E-state index contributed by atoms with van der Waals surface area (Å²) >= 11 is 0. The SMILES string of the molecule is CC(C)C(=O)NC1(C(=O)O)CCC1. The number of amides is 1. The fourth-order valence-corrected chi connectivity index (χ4v) is 1.30. The summed E-state index contributed by atoms with van der Waals surface area (Å²) in [6.07, 6.45) is 1.99. The summed E-state index contributed by atoms with van der Waals surface area (Å²) < 4.78 is 0. The van der Waals surface area contributed by atoms with Crippen molar-refractivity contribution in [3.63, 3.8) is 0 Å². The van der Waals surface area contributed by atoms with Crippen LogP contribution in [-0.2, 0) is 9.59 Å². The molecule has 4 nitrogen and oxygen atoms in total. The minimum absolute atomic E-state index is 0.156. The molecule has 2 N–H and O–H groups in total. The molecule has 74 valence electrons. The van der Waals surface area contributed by atoms with Gasteiger partial charge in [0.2, 0.25) is 5.91 Å². The molecule has 0 saturated heterocycles. The number of carboxylic acid groups (broad SMARTS) is 1. The van der Waals surface area contributed by atoms with Crippen LogP contribution in [0.2, 0.25) is 0 Å². The summed E-state index contributed by atoms with van der Waals surface area (Å²) in [7, 11) is 0. The molecule has 0 unspecified atom stereocenters. The summed E-state index contributed by atoms with van der Waals surface area (Å²) in [5, 5.41) is 11.5. The lowest BCUT2D eigenvalue weighted by atomic mass is 9.76. The Bertz CT molecular complexity index is 231. The number of nitrogens with one attached hydrogen (secondary N) is 1. The van der Waals surface area contributed by atoms with E-state index in [9.17, 15) is 9.59 Å². The van der Waals surface area contributed by atoms with Crippen LogP contribution < -0.4 is 5.32 Å². The molecule has 0 aliphatic heterocycles. The number of aliphatic carboxylic acids is 1. The van der Waals surface area contributed by atoms with E-state index in [0.29, 0.717) is 12.8 Å². The van der Waals surface area contributed by atoms with Gasteiger partial charge < -0.3 is 10.4 Å². The minimum atomic E-state index is -0.957. The highest BCUT2D eigenvalue weighted by molar-refractivity contribution is 5.88. The van der Waals surface area contributed by atoms with Crippen LogP contribution in [0.15, 0.2) is 0 Å². The average molecular weight is 185 g/mol. The predicted molar refractivity (Wildman–Crippen MR) is 47.2 cm³/mol. The monoisotopic (exact) mass is 185 g/mol. The Morgan fingerprint density at radius 3 is 2.15 bits per heavy atom. The number of carbonyl (C=O) groups is 2. The van der Waals surface area contributed by atoms with E-state index >= 15 is 0 Å². The van der Waals surface area contributed by atoms with Crippen molar-refractivity contribution in [1.29, 1.82) is 0 Å². The number of rotatable bonds is 3. The Labute approximate surface area is 77.3 Å². The van der Waals surface area contributed by atoms with Crippen LogP contribution in [0.5, 0.6) is 0 Å². The maximum absolute atomic E-state index is 11.3. The van der Waals surface area contributed by atoms with Crippen LogP contribution in [0.25, 0.3) is 0 Å². The molecule has 0 atom stereocenters. The lowest BCUT2D eigenvalue weighted by molar-refractivity contribution is -0.152. The van der Waals surface area contributed by atoms with Gasteiger partial charge >= 0.3 is 5.97 Å². The van der Waals surface area contributed by atoms with Gasteiger partial charge in [0.15, 0.2) is 0 Å². The second kappa shape index (κ2) is 3.36. The maximum atomic E-state index is 11.3. The van der Waals surface area contributed by atoms with E-state index in [4.69, 9.17) is 5.11 Å². The number of carbonyl (C=O) groups excluding carboxylic acids is 1. The lowest BCUT2D eigenvalue weighted by Gasteiger charge is -2.38. The largest absolute Gasteiger partial charge is 0.480 e. The van der Waals surface area contributed by atoms with Gasteiger partial charge in [-0.3, -0.25) is 4.79 Å². The van der Waals surface area contributed by atoms with Crippen molar-refractivity contribution in [1.82, 2.24) is 5.32 Å². The molecule has 1 saturated carbocycles. The molecule has 4 heteroatoms. The van der Waals surface area contributed by atoms with Crippen LogP contribution in [0.4, 0.5) is 0 Å². The van der Waals surface area contributed by atoms with Crippen molar-refractivity contribution in [2.24, 2.45) is 5.92 Å². The lowest BCUT2D eigenvalue weighted by Crippen LogP contribution is -2.59. The standard InChI is InChI=1S/C9H15NO3/c1-6(2)7(11)10-9(8(12)13)4-3-5-9/h6H,3-5H2,1-2H3,(H,10,11)(H,12,13). The van der Waals surface area contributed by atoms with Gasteiger partial charge in [0.05, 0.1) is 0 Å². The Morgan fingerprint density at radius 2 is 1.92 bits per heavy atom. The second-order valence-electron chi connectivity index (χ2n) is 3.88. The zero-order valence-electron chi connectivity index (χ0n) is 7.96. The number of hydrogen-bond acceptors (Lipinski definition) is 2. The van der Waals surface area contributed by atoms with E-state index in [1.165, 1.54) is 0 Å². The van der Waals surface area contributed by atoms with Gasteiger partial charge in [0, 0.05) is 5.92 Å². The van der Waals surface area contributed by atoms with Crippen molar-refractivity contribution in [3.05, 3.63) is 0 Å². The first-order valence-corrected chi connectivity index (χ1v) is 4.53. The van der Waals surface area contributed by atoms with Gasteiger partial charge in [-0.15, -0.1) is 0 Å². The third kappa shape index (κ3) is 1.82. The summed E-state index contributed by atoms with van der Waals surface area (Å²) in [5.41, 5.74) is -0.957. The summed E-state index contributed by atoms with van der Waals surface area (Å²) in [5.74, 6) is -1.24. The molecule has 0 aromatic heterocycles. The molecule has 13 heavy (non-hydrogen) atoms. The van der Waals surface area contributed by atoms with Gasteiger partial charge in [-0.2, -0.15) is 0 Å². The number of hydrogen-bond donors (Lipinski definition) is 2. The van der Waals surface area contributed by atoms with Gasteiger partial charge in [-0.05, 0) is 19.3 Å². The van der Waals surface area contributed by atoms with Crippen molar-refractivity contribution < 1.29 is 14.7 Å². The van der Waals surface area contributed by atoms with Crippen molar-refractivity contribution in [2.45, 2.75) is 38.6 Å². The molecule has 1 aliphatic rings. The van der Waals surface area contributed by atoms with Crippen LogP contribution >= 0.6 is 0 Å². The molecule has 0 aromatic carbocycles. The Balaban J connectivity index is 2.59. The van der Waals surface area contributed by atoms with Crippen LogP contribution in [-0.4, -0.2) is 22.5 Å². The Morgan fingerprint density at radius 1 is 1.38 bits per heavy atom. The molecule has 1 aliphatic carbocycles. The third-order valence-corrected chi connectivity index (χ3v) is 2.50. The Kier molecular flexibility index (Phi) is 2.59. The molecular formula is C9H15NO3. The Hall–Kier alpha value is -1.06. The smallest absolute Gasteiger partial charge is 0.329 e. The highest BCUT2D eigenvalue weighted by Gasteiger charge is 2.45. The molecule has 1 amide bonds. The van der Waals surface area contributed by atoms with Crippen molar-refractivity contribution in [2.75, 3.05) is 0 Å². The fraction of sp³-hybridized carbons (Fsp3) is 0.778. The highest BCUT2D eigenvalue weighted by atomic mass is 16.4. The highest BCUT2D eigenvalue weighted by Crippen LogP contribution is 2.32. The third-order valence-electron chi connectivity index (χ3n) is 2.50. The quantitative estimate of drug-likeness (QED) is 0.682. The maximum Gasteiger partial charge on any atom is 0.329 e. The fourth-order valence-electron chi connectivity index (χ4n) is 1.30. The van der Waals surface area contributed by atoms with Crippen molar-refractivity contribution >= 4 is 11.9 Å². The topological polar surface area (TPSA) is 66.4 Å². The normalized spacial score (nSPS) is 19.3. The second-order valence-corrected chi connectivity index (χ2v) is 3.88. The molecule has 1 fully saturated rings. The van der Waals surface area contributed by atoms with Crippen LogP contribution in [0.1, 0.15) is 33.1 Å². The zero-order valence-corrected chi connectivity index (χ0v) is 7.96. The molecule has 0 aromatic rings. The van der Waals surface area contributed by atoms with Crippen LogP contribution in [0, 0.1) is 5.92 Å². The van der Waals surface area contributed by atoms with Gasteiger partial charge in [0.1, 0.15) is 5.54 Å². The first kappa shape index (κ1) is 10.0. The molecule has 0 spiro atoms.